The van der Waals surface area contributed by atoms with Gasteiger partial charge in [0.25, 0.3) is 0 Å². The van der Waals surface area contributed by atoms with Gasteiger partial charge in [0, 0.05) is 11.3 Å². The molecule has 0 amide bonds. The Morgan fingerprint density at radius 2 is 1.89 bits per heavy atom. The number of anilines is 1. The molecule has 2 aromatic carbocycles. The van der Waals surface area contributed by atoms with E-state index in [-0.39, 0.29) is 0 Å². The first kappa shape index (κ1) is 12.7. The molecule has 0 aromatic heterocycles. The molecule has 0 spiro atoms. The summed E-state index contributed by atoms with van der Waals surface area (Å²) in [6.45, 7) is 2.15. The molecule has 94 valence electrons. The van der Waals surface area contributed by atoms with Gasteiger partial charge in [0.15, 0.2) is 0 Å². The highest BCUT2D eigenvalue weighted by Crippen LogP contribution is 2.27. The molecule has 0 fully saturated rings. The van der Waals surface area contributed by atoms with Gasteiger partial charge in [0.05, 0.1) is 0 Å². The number of aliphatic hydroxyl groups is 1. The van der Waals surface area contributed by atoms with Crippen LogP contribution < -0.4 is 5.73 Å². The molecule has 0 saturated carbocycles. The van der Waals surface area contributed by atoms with Crippen molar-refractivity contribution in [3.05, 3.63) is 65.2 Å². The zero-order chi connectivity index (χ0) is 13.0. The summed E-state index contributed by atoms with van der Waals surface area (Å²) in [5, 5.41) is 10.4. The van der Waals surface area contributed by atoms with Gasteiger partial charge in [0.1, 0.15) is 6.10 Å². The maximum absolute atomic E-state index is 10.4. The van der Waals surface area contributed by atoms with Gasteiger partial charge in [-0.2, -0.15) is 0 Å². The van der Waals surface area contributed by atoms with Crippen LogP contribution in [0.3, 0.4) is 0 Å². The number of nitrogens with two attached hydrogens (primary N) is 1. The molecule has 2 aromatic rings. The molecule has 0 heterocycles. The normalized spacial score (nSPS) is 12.3. The molecular formula is C16H19NO. The number of hydrogen-bond acceptors (Lipinski definition) is 2. The van der Waals surface area contributed by atoms with Crippen LogP contribution in [0.5, 0.6) is 0 Å². The van der Waals surface area contributed by atoms with Crippen molar-refractivity contribution in [1.82, 2.24) is 0 Å². The first-order valence-corrected chi connectivity index (χ1v) is 6.33. The van der Waals surface area contributed by atoms with Crippen LogP contribution in [0.1, 0.15) is 36.1 Å². The summed E-state index contributed by atoms with van der Waals surface area (Å²) in [7, 11) is 0. The molecule has 0 aliphatic rings. The summed E-state index contributed by atoms with van der Waals surface area (Å²) in [6, 6.07) is 15.5. The van der Waals surface area contributed by atoms with E-state index < -0.39 is 6.10 Å². The highest BCUT2D eigenvalue weighted by Gasteiger charge is 2.12. The lowest BCUT2D eigenvalue weighted by Gasteiger charge is -2.14. The standard InChI is InChI=1S/C16H19NO/c1-2-6-12-7-5-8-13(11-12)16(18)14-9-3-4-10-15(14)17/h3-5,7-11,16,18H,2,6,17H2,1H3. The molecule has 2 nitrogen and oxygen atoms in total. The molecule has 0 aliphatic carbocycles. The SMILES string of the molecule is CCCc1cccc(C(O)c2ccccc2N)c1. The van der Waals surface area contributed by atoms with Crippen molar-refractivity contribution in [3.63, 3.8) is 0 Å². The van der Waals surface area contributed by atoms with Gasteiger partial charge in [-0.15, -0.1) is 0 Å². The zero-order valence-electron chi connectivity index (χ0n) is 10.6. The second-order valence-corrected chi connectivity index (χ2v) is 4.53. The van der Waals surface area contributed by atoms with E-state index in [1.165, 1.54) is 5.56 Å². The van der Waals surface area contributed by atoms with E-state index in [4.69, 9.17) is 5.73 Å². The van der Waals surface area contributed by atoms with Gasteiger partial charge in [-0.25, -0.2) is 0 Å². The van der Waals surface area contributed by atoms with E-state index in [0.29, 0.717) is 5.69 Å². The summed E-state index contributed by atoms with van der Waals surface area (Å²) in [5.74, 6) is 0. The van der Waals surface area contributed by atoms with E-state index in [1.807, 2.05) is 36.4 Å². The third-order valence-corrected chi connectivity index (χ3v) is 3.10. The number of aliphatic hydroxyl groups excluding tert-OH is 1. The molecule has 0 radical (unpaired) electrons. The Morgan fingerprint density at radius 1 is 1.11 bits per heavy atom. The molecule has 0 saturated heterocycles. The molecule has 1 atom stereocenters. The third kappa shape index (κ3) is 2.71. The minimum absolute atomic E-state index is 0.630. The Hall–Kier alpha value is -1.80. The fourth-order valence-corrected chi connectivity index (χ4v) is 2.15. The minimum Gasteiger partial charge on any atom is -0.398 e. The van der Waals surface area contributed by atoms with Crippen molar-refractivity contribution in [3.8, 4) is 0 Å². The first-order valence-electron chi connectivity index (χ1n) is 6.33. The minimum atomic E-state index is -0.650. The van der Waals surface area contributed by atoms with Crippen molar-refractivity contribution < 1.29 is 5.11 Å². The van der Waals surface area contributed by atoms with Crippen LogP contribution in [-0.2, 0) is 6.42 Å². The predicted molar refractivity (Wildman–Crippen MR) is 75.4 cm³/mol. The lowest BCUT2D eigenvalue weighted by atomic mass is 9.97. The lowest BCUT2D eigenvalue weighted by Crippen LogP contribution is -2.04. The largest absolute Gasteiger partial charge is 0.398 e. The van der Waals surface area contributed by atoms with E-state index in [1.54, 1.807) is 0 Å². The van der Waals surface area contributed by atoms with Gasteiger partial charge in [-0.3, -0.25) is 0 Å². The van der Waals surface area contributed by atoms with Crippen LogP contribution >= 0.6 is 0 Å². The fourth-order valence-electron chi connectivity index (χ4n) is 2.15. The van der Waals surface area contributed by atoms with Gasteiger partial charge >= 0.3 is 0 Å². The lowest BCUT2D eigenvalue weighted by molar-refractivity contribution is 0.221. The maximum atomic E-state index is 10.4. The Balaban J connectivity index is 2.31. The molecule has 0 bridgehead atoms. The summed E-state index contributed by atoms with van der Waals surface area (Å²) < 4.78 is 0. The summed E-state index contributed by atoms with van der Waals surface area (Å²) in [6.07, 6.45) is 1.49. The van der Waals surface area contributed by atoms with E-state index in [9.17, 15) is 5.11 Å². The van der Waals surface area contributed by atoms with Crippen molar-refractivity contribution in [2.24, 2.45) is 0 Å². The number of hydrogen-bond donors (Lipinski definition) is 2. The summed E-state index contributed by atoms with van der Waals surface area (Å²) in [5.41, 5.74) is 9.45. The van der Waals surface area contributed by atoms with Crippen LogP contribution in [0, 0.1) is 0 Å². The van der Waals surface area contributed by atoms with E-state index in [2.05, 4.69) is 19.1 Å². The Kier molecular flexibility index (Phi) is 4.00. The fraction of sp³-hybridized carbons (Fsp3) is 0.250. The number of para-hydroxylation sites is 1. The third-order valence-electron chi connectivity index (χ3n) is 3.10. The monoisotopic (exact) mass is 241 g/mol. The van der Waals surface area contributed by atoms with Crippen LogP contribution in [0.2, 0.25) is 0 Å². The van der Waals surface area contributed by atoms with Crippen LogP contribution in [-0.4, -0.2) is 5.11 Å². The van der Waals surface area contributed by atoms with Crippen LogP contribution in [0.25, 0.3) is 0 Å². The smallest absolute Gasteiger partial charge is 0.106 e. The maximum Gasteiger partial charge on any atom is 0.106 e. The van der Waals surface area contributed by atoms with Crippen molar-refractivity contribution in [2.45, 2.75) is 25.9 Å². The molecule has 3 N–H and O–H groups in total. The quantitative estimate of drug-likeness (QED) is 0.807. The molecule has 18 heavy (non-hydrogen) atoms. The topological polar surface area (TPSA) is 46.2 Å². The van der Waals surface area contributed by atoms with Crippen molar-refractivity contribution in [1.29, 1.82) is 0 Å². The number of aryl methyl sites for hydroxylation is 1. The van der Waals surface area contributed by atoms with Crippen LogP contribution in [0.4, 0.5) is 5.69 Å². The predicted octanol–water partition coefficient (Wildman–Crippen LogP) is 3.30. The molecule has 2 rings (SSSR count). The van der Waals surface area contributed by atoms with Gasteiger partial charge in [-0.1, -0.05) is 55.8 Å². The molecule has 1 unspecified atom stereocenters. The average Bonchev–Trinajstić information content (AvgIpc) is 2.39. The van der Waals surface area contributed by atoms with Gasteiger partial charge < -0.3 is 10.8 Å². The molecule has 0 aliphatic heterocycles. The Bertz CT molecular complexity index is 522. The van der Waals surface area contributed by atoms with Gasteiger partial charge in [0.2, 0.25) is 0 Å². The number of benzene rings is 2. The van der Waals surface area contributed by atoms with Gasteiger partial charge in [-0.05, 0) is 23.6 Å². The van der Waals surface area contributed by atoms with E-state index in [0.717, 1.165) is 24.0 Å². The second kappa shape index (κ2) is 5.69. The summed E-state index contributed by atoms with van der Waals surface area (Å²) in [4.78, 5) is 0. The second-order valence-electron chi connectivity index (χ2n) is 4.53. The van der Waals surface area contributed by atoms with Crippen LogP contribution in [0.15, 0.2) is 48.5 Å². The summed E-state index contributed by atoms with van der Waals surface area (Å²) >= 11 is 0. The molecular weight excluding hydrogens is 222 g/mol. The van der Waals surface area contributed by atoms with Crippen molar-refractivity contribution in [2.75, 3.05) is 5.73 Å². The zero-order valence-corrected chi connectivity index (χ0v) is 10.6. The van der Waals surface area contributed by atoms with Crippen molar-refractivity contribution >= 4 is 5.69 Å². The highest BCUT2D eigenvalue weighted by atomic mass is 16.3. The Labute approximate surface area is 108 Å². The van der Waals surface area contributed by atoms with E-state index >= 15 is 0 Å². The number of rotatable bonds is 4. The average molecular weight is 241 g/mol. The Morgan fingerprint density at radius 3 is 2.61 bits per heavy atom. The number of nitrogen functional groups attached to an aromatic ring is 1. The highest BCUT2D eigenvalue weighted by molar-refractivity contribution is 5.50. The first-order chi connectivity index (χ1) is 8.72. The molecule has 2 heteroatoms.